The minimum absolute atomic E-state index is 0.0812. The van der Waals surface area contributed by atoms with Gasteiger partial charge in [-0.15, -0.1) is 0 Å². The minimum atomic E-state index is -0.245. The van der Waals surface area contributed by atoms with Crippen molar-refractivity contribution in [2.45, 2.75) is 76.4 Å². The maximum Gasteiger partial charge on any atom is 0.280 e. The van der Waals surface area contributed by atoms with Crippen LogP contribution in [0, 0.1) is 17.3 Å². The highest BCUT2D eigenvalue weighted by molar-refractivity contribution is 5.93. The number of hydrogen-bond donors (Lipinski definition) is 0. The lowest BCUT2D eigenvalue weighted by molar-refractivity contribution is -0.0256. The van der Waals surface area contributed by atoms with Crippen molar-refractivity contribution in [3.63, 3.8) is 0 Å². The van der Waals surface area contributed by atoms with Gasteiger partial charge in [0.15, 0.2) is 11.5 Å². The second-order valence-electron chi connectivity index (χ2n) is 10.7. The zero-order valence-corrected chi connectivity index (χ0v) is 18.1. The van der Waals surface area contributed by atoms with Crippen molar-refractivity contribution < 1.29 is 4.79 Å². The number of para-hydroxylation sites is 2. The first-order valence-electron chi connectivity index (χ1n) is 12.1. The van der Waals surface area contributed by atoms with Gasteiger partial charge in [0.25, 0.3) is 5.56 Å². The normalized spacial score (nSPS) is 34.3. The number of aromatic nitrogens is 2. The Bertz CT molecular complexity index is 1180. The number of fused-ring (bicyclic) bond motifs is 3. The van der Waals surface area contributed by atoms with Gasteiger partial charge in [-0.1, -0.05) is 12.1 Å². The predicted molar refractivity (Wildman–Crippen MR) is 119 cm³/mol. The van der Waals surface area contributed by atoms with Gasteiger partial charge in [0.2, 0.25) is 0 Å². The maximum absolute atomic E-state index is 13.3. The highest BCUT2D eigenvalue weighted by Crippen LogP contribution is 2.82. The molecule has 0 radical (unpaired) electrons. The van der Waals surface area contributed by atoms with E-state index in [9.17, 15) is 9.59 Å². The summed E-state index contributed by atoms with van der Waals surface area (Å²) in [5, 5.41) is 0. The number of carbonyl (C=O) groups is 1. The molecule has 6 aliphatic rings. The molecular formula is C26H29N3O2. The molecule has 1 spiro atoms. The second-order valence-corrected chi connectivity index (χ2v) is 10.7. The fourth-order valence-corrected chi connectivity index (χ4v) is 7.46. The number of hydrogen-bond acceptors (Lipinski definition) is 4. The lowest BCUT2D eigenvalue weighted by atomic mass is 9.42. The second kappa shape index (κ2) is 6.08. The van der Waals surface area contributed by atoms with Gasteiger partial charge in [0.05, 0.1) is 11.0 Å². The monoisotopic (exact) mass is 415 g/mol. The number of allylic oxidation sites excluding steroid dienone is 1. The lowest BCUT2D eigenvalue weighted by Crippen LogP contribution is -2.57. The fourth-order valence-electron chi connectivity index (χ4n) is 7.46. The molecule has 2 aromatic rings. The molecule has 5 heteroatoms. The van der Waals surface area contributed by atoms with Crippen LogP contribution in [0.2, 0.25) is 0 Å². The topological polar surface area (TPSA) is 55.2 Å². The van der Waals surface area contributed by atoms with Crippen LogP contribution < -0.4 is 5.56 Å². The van der Waals surface area contributed by atoms with Crippen LogP contribution in [0.4, 0.5) is 0 Å². The van der Waals surface area contributed by atoms with E-state index in [4.69, 9.17) is 0 Å². The van der Waals surface area contributed by atoms with E-state index in [-0.39, 0.29) is 23.1 Å². The Kier molecular flexibility index (Phi) is 3.57. The molecule has 3 heterocycles. The molecule has 6 fully saturated rings. The Balaban J connectivity index is 1.25. The van der Waals surface area contributed by atoms with Crippen LogP contribution in [-0.4, -0.2) is 32.3 Å². The summed E-state index contributed by atoms with van der Waals surface area (Å²) in [7, 11) is 0. The van der Waals surface area contributed by atoms with Crippen molar-refractivity contribution in [1.82, 2.24) is 14.5 Å². The summed E-state index contributed by atoms with van der Waals surface area (Å²) >= 11 is 0. The average Bonchev–Trinajstić information content (AvgIpc) is 3.54. The number of nitrogens with zero attached hydrogens (tertiary/aromatic N) is 3. The molecule has 2 unspecified atom stereocenters. The van der Waals surface area contributed by atoms with E-state index in [1.807, 2.05) is 28.8 Å². The van der Waals surface area contributed by atoms with Gasteiger partial charge < -0.3 is 9.47 Å². The van der Waals surface area contributed by atoms with Crippen molar-refractivity contribution in [3.8, 4) is 0 Å². The van der Waals surface area contributed by atoms with E-state index in [2.05, 4.69) is 16.1 Å². The molecule has 5 atom stereocenters. The van der Waals surface area contributed by atoms with Gasteiger partial charge >= 0.3 is 0 Å². The van der Waals surface area contributed by atoms with Crippen LogP contribution in [0.5, 0.6) is 0 Å². The average molecular weight is 416 g/mol. The summed E-state index contributed by atoms with van der Waals surface area (Å²) in [6.07, 6.45) is 12.6. The zero-order valence-electron chi connectivity index (χ0n) is 18.1. The number of benzene rings is 1. The van der Waals surface area contributed by atoms with Gasteiger partial charge in [0, 0.05) is 25.0 Å². The molecule has 8 rings (SSSR count). The molecule has 2 saturated heterocycles. The van der Waals surface area contributed by atoms with E-state index in [0.717, 1.165) is 41.1 Å². The number of carbonyl (C=O) groups excluding carboxylic acids is 1. The molecule has 31 heavy (non-hydrogen) atoms. The fraction of sp³-hybridized carbons (Fsp3) is 0.577. The first kappa shape index (κ1) is 18.2. The SMILES string of the molecule is CC(=O)c1nc2ccccc2n([C@H]2C[C@H]3CCC[C@@H](C2)N3C=C2C3CC2C32CC2)c1=O. The summed E-state index contributed by atoms with van der Waals surface area (Å²) in [6.45, 7) is 1.45. The molecule has 0 amide bonds. The Morgan fingerprint density at radius 3 is 2.42 bits per heavy atom. The first-order valence-corrected chi connectivity index (χ1v) is 12.1. The van der Waals surface area contributed by atoms with Gasteiger partial charge in [-0.25, -0.2) is 4.98 Å². The highest BCUT2D eigenvalue weighted by atomic mass is 16.1. The quantitative estimate of drug-likeness (QED) is 0.694. The van der Waals surface area contributed by atoms with Gasteiger partial charge in [0.1, 0.15) is 0 Å². The third kappa shape index (κ3) is 2.35. The van der Waals surface area contributed by atoms with Gasteiger partial charge in [-0.2, -0.15) is 0 Å². The third-order valence-corrected chi connectivity index (χ3v) is 9.29. The van der Waals surface area contributed by atoms with Crippen molar-refractivity contribution in [1.29, 1.82) is 0 Å². The summed E-state index contributed by atoms with van der Waals surface area (Å²) in [4.78, 5) is 32.6. The first-order chi connectivity index (χ1) is 15.1. The predicted octanol–water partition coefficient (Wildman–Crippen LogP) is 4.47. The van der Waals surface area contributed by atoms with Crippen LogP contribution in [-0.2, 0) is 0 Å². The number of piperidine rings is 2. The number of rotatable bonds is 3. The van der Waals surface area contributed by atoms with Crippen molar-refractivity contribution in [3.05, 3.63) is 52.1 Å². The van der Waals surface area contributed by atoms with E-state index in [1.54, 1.807) is 5.57 Å². The molecule has 4 bridgehead atoms. The summed E-state index contributed by atoms with van der Waals surface area (Å²) in [5.41, 5.74) is 3.97. The van der Waals surface area contributed by atoms with Crippen LogP contribution in [0.3, 0.4) is 0 Å². The Labute approximate surface area is 182 Å². The molecule has 1 aromatic carbocycles. The lowest BCUT2D eigenvalue weighted by Gasteiger charge is -2.63. The molecule has 4 saturated carbocycles. The smallest absolute Gasteiger partial charge is 0.280 e. The zero-order chi connectivity index (χ0) is 20.9. The van der Waals surface area contributed by atoms with E-state index >= 15 is 0 Å². The Hall–Kier alpha value is -2.43. The Morgan fingerprint density at radius 1 is 1.06 bits per heavy atom. The summed E-state index contributed by atoms with van der Waals surface area (Å²) < 4.78 is 1.91. The van der Waals surface area contributed by atoms with Gasteiger partial charge in [-0.05, 0) is 92.5 Å². The van der Waals surface area contributed by atoms with E-state index in [0.29, 0.717) is 12.1 Å². The molecule has 160 valence electrons. The van der Waals surface area contributed by atoms with Crippen molar-refractivity contribution >= 4 is 16.8 Å². The Morgan fingerprint density at radius 2 is 1.77 bits per heavy atom. The van der Waals surface area contributed by atoms with Crippen molar-refractivity contribution in [2.24, 2.45) is 17.3 Å². The third-order valence-electron chi connectivity index (χ3n) is 9.29. The number of Topliss-reactive ketones (excluding diaryl/α,β-unsaturated/α-hetero) is 1. The molecule has 5 nitrogen and oxygen atoms in total. The van der Waals surface area contributed by atoms with Crippen LogP contribution in [0.15, 0.2) is 40.8 Å². The molecule has 2 aliphatic heterocycles. The minimum Gasteiger partial charge on any atom is -0.371 e. The molecule has 0 N–H and O–H groups in total. The van der Waals surface area contributed by atoms with Crippen LogP contribution >= 0.6 is 0 Å². The van der Waals surface area contributed by atoms with Crippen LogP contribution in [0.1, 0.15) is 74.8 Å². The number of ketones is 1. The highest BCUT2D eigenvalue weighted by Gasteiger charge is 2.73. The molecule has 4 aliphatic carbocycles. The standard InChI is InChI=1S/C26H29N3O2/c1-15(30)24-25(31)29(23-8-3-2-7-22(23)27-24)18-11-16-5-4-6-17(12-18)28(16)14-19-20-13-21(19)26(20)9-10-26/h2-3,7-8,14,16-18,20-21H,4-6,9-13H2,1H3/t16-,17+,18+,20?,21?. The van der Waals surface area contributed by atoms with Crippen molar-refractivity contribution in [2.75, 3.05) is 0 Å². The van der Waals surface area contributed by atoms with E-state index < -0.39 is 0 Å². The van der Waals surface area contributed by atoms with E-state index in [1.165, 1.54) is 45.4 Å². The summed E-state index contributed by atoms with van der Waals surface area (Å²) in [6, 6.07) is 8.91. The van der Waals surface area contributed by atoms with Crippen LogP contribution in [0.25, 0.3) is 11.0 Å². The molecule has 1 aromatic heterocycles. The molecular weight excluding hydrogens is 386 g/mol. The maximum atomic E-state index is 13.3. The summed E-state index contributed by atoms with van der Waals surface area (Å²) in [5.74, 6) is 1.53. The largest absolute Gasteiger partial charge is 0.371 e. The van der Waals surface area contributed by atoms with Gasteiger partial charge in [-0.3, -0.25) is 9.59 Å².